The summed E-state index contributed by atoms with van der Waals surface area (Å²) >= 11 is 0. The lowest BCUT2D eigenvalue weighted by molar-refractivity contribution is -0.135. The molecular formula is C26H28N4O6. The first kappa shape index (κ1) is 24.9. The first-order chi connectivity index (χ1) is 17.4. The van der Waals surface area contributed by atoms with E-state index in [9.17, 15) is 24.3 Å². The van der Waals surface area contributed by atoms with Gasteiger partial charge in [0.05, 0.1) is 6.61 Å². The molecule has 1 fully saturated rings. The summed E-state index contributed by atoms with van der Waals surface area (Å²) in [5.74, 6) is -0.900. The molecule has 1 aromatic heterocycles. The summed E-state index contributed by atoms with van der Waals surface area (Å²) in [4.78, 5) is 55.8. The molecule has 1 aliphatic heterocycles. The molecule has 3 aromatic rings. The van der Waals surface area contributed by atoms with Crippen LogP contribution in [0.15, 0.2) is 65.5 Å². The topological polar surface area (TPSA) is 132 Å². The maximum Gasteiger partial charge on any atom is 0.407 e. The number of pyridine rings is 1. The van der Waals surface area contributed by atoms with Crippen LogP contribution in [0.5, 0.6) is 0 Å². The Balaban J connectivity index is 1.45. The number of benzene rings is 2. The van der Waals surface area contributed by atoms with E-state index in [-0.39, 0.29) is 56.2 Å². The fourth-order valence-electron chi connectivity index (χ4n) is 4.12. The quantitative estimate of drug-likeness (QED) is 0.413. The van der Waals surface area contributed by atoms with E-state index >= 15 is 0 Å². The van der Waals surface area contributed by atoms with E-state index in [2.05, 4.69) is 10.3 Å². The molecule has 3 amide bonds. The molecule has 3 N–H and O–H groups in total. The Kier molecular flexibility index (Phi) is 7.96. The molecule has 1 saturated heterocycles. The van der Waals surface area contributed by atoms with E-state index in [1.165, 1.54) is 11.0 Å². The van der Waals surface area contributed by atoms with Crippen molar-refractivity contribution in [2.45, 2.75) is 19.1 Å². The number of rotatable bonds is 8. The average molecular weight is 493 g/mol. The van der Waals surface area contributed by atoms with Crippen LogP contribution in [0.25, 0.3) is 10.9 Å². The predicted molar refractivity (Wildman–Crippen MR) is 133 cm³/mol. The highest BCUT2D eigenvalue weighted by Gasteiger charge is 2.30. The second kappa shape index (κ2) is 11.5. The van der Waals surface area contributed by atoms with Crippen molar-refractivity contribution in [1.82, 2.24) is 20.1 Å². The molecule has 4 rings (SSSR count). The first-order valence-electron chi connectivity index (χ1n) is 11.7. The number of carbonyl (C=O) groups is 3. The fourth-order valence-corrected chi connectivity index (χ4v) is 4.12. The van der Waals surface area contributed by atoms with Crippen LogP contribution in [0, 0.1) is 0 Å². The number of aromatic nitrogens is 1. The van der Waals surface area contributed by atoms with Crippen LogP contribution < -0.4 is 10.7 Å². The Morgan fingerprint density at radius 2 is 1.64 bits per heavy atom. The third kappa shape index (κ3) is 6.08. The van der Waals surface area contributed by atoms with Gasteiger partial charge >= 0.3 is 6.09 Å². The van der Waals surface area contributed by atoms with Gasteiger partial charge in [0.25, 0.3) is 5.91 Å². The van der Waals surface area contributed by atoms with Crippen molar-refractivity contribution < 1.29 is 24.2 Å². The van der Waals surface area contributed by atoms with Crippen molar-refractivity contribution in [1.29, 1.82) is 0 Å². The number of ether oxygens (including phenoxy) is 1. The van der Waals surface area contributed by atoms with Gasteiger partial charge in [0, 0.05) is 49.8 Å². The summed E-state index contributed by atoms with van der Waals surface area (Å²) in [6.07, 6.45) is -0.810. The van der Waals surface area contributed by atoms with Gasteiger partial charge in [-0.05, 0) is 24.1 Å². The van der Waals surface area contributed by atoms with Crippen molar-refractivity contribution in [3.63, 3.8) is 0 Å². The molecular weight excluding hydrogens is 464 g/mol. The Morgan fingerprint density at radius 1 is 0.972 bits per heavy atom. The Hall–Kier alpha value is -4.18. The van der Waals surface area contributed by atoms with Gasteiger partial charge < -0.3 is 29.9 Å². The van der Waals surface area contributed by atoms with Crippen LogP contribution in [0.3, 0.4) is 0 Å². The third-order valence-corrected chi connectivity index (χ3v) is 6.11. The number of aromatic amines is 1. The molecule has 0 aliphatic carbocycles. The lowest BCUT2D eigenvalue weighted by atomic mass is 10.1. The molecule has 1 aliphatic rings. The highest BCUT2D eigenvalue weighted by Crippen LogP contribution is 2.11. The maximum absolute atomic E-state index is 13.3. The van der Waals surface area contributed by atoms with Crippen LogP contribution in [-0.2, 0) is 16.1 Å². The molecule has 1 atom stereocenters. The standard InChI is InChI=1S/C26H28N4O6/c31-23-16-22(27-20-9-5-4-8-19(20)23)24(32)28-21(10-15-36-17-18-6-2-1-3-7-18)25(33)29-11-13-30(14-12-29)26(34)35/h1-9,16,21H,10-15,17H2,(H,27,31)(H,28,32)(H,34,35)/t21-/m0/s1. The van der Waals surface area contributed by atoms with Crippen LogP contribution in [0.4, 0.5) is 4.79 Å². The average Bonchev–Trinajstić information content (AvgIpc) is 2.90. The van der Waals surface area contributed by atoms with Gasteiger partial charge in [-0.1, -0.05) is 42.5 Å². The Labute approximate surface area is 207 Å². The Morgan fingerprint density at radius 3 is 2.36 bits per heavy atom. The van der Waals surface area contributed by atoms with Crippen molar-refractivity contribution in [2.75, 3.05) is 32.8 Å². The summed E-state index contributed by atoms with van der Waals surface area (Å²) in [6.45, 7) is 1.44. The smallest absolute Gasteiger partial charge is 0.407 e. The fraction of sp³-hybridized carbons (Fsp3) is 0.308. The van der Waals surface area contributed by atoms with E-state index in [0.29, 0.717) is 17.5 Å². The van der Waals surface area contributed by atoms with Gasteiger partial charge in [0.2, 0.25) is 5.91 Å². The monoisotopic (exact) mass is 492 g/mol. The number of nitrogens with zero attached hydrogens (tertiary/aromatic N) is 2. The highest BCUT2D eigenvalue weighted by atomic mass is 16.5. The molecule has 10 nitrogen and oxygen atoms in total. The number of hydrogen-bond acceptors (Lipinski definition) is 5. The molecule has 0 bridgehead atoms. The summed E-state index contributed by atoms with van der Waals surface area (Å²) in [7, 11) is 0. The van der Waals surface area contributed by atoms with E-state index < -0.39 is 18.0 Å². The molecule has 0 spiro atoms. The maximum atomic E-state index is 13.3. The minimum Gasteiger partial charge on any atom is -0.465 e. The number of amides is 3. The molecule has 10 heteroatoms. The molecule has 0 unspecified atom stereocenters. The van der Waals surface area contributed by atoms with Crippen molar-refractivity contribution in [3.05, 3.63) is 82.1 Å². The number of carbonyl (C=O) groups excluding carboxylic acids is 2. The summed E-state index contributed by atoms with van der Waals surface area (Å²) in [5, 5.41) is 12.4. The zero-order chi connectivity index (χ0) is 25.5. The van der Waals surface area contributed by atoms with Crippen LogP contribution in [0.2, 0.25) is 0 Å². The lowest BCUT2D eigenvalue weighted by Crippen LogP contribution is -2.56. The van der Waals surface area contributed by atoms with E-state index in [1.807, 2.05) is 30.3 Å². The number of para-hydroxylation sites is 1. The zero-order valence-electron chi connectivity index (χ0n) is 19.7. The van der Waals surface area contributed by atoms with Gasteiger partial charge in [-0.3, -0.25) is 14.4 Å². The van der Waals surface area contributed by atoms with Crippen molar-refractivity contribution in [3.8, 4) is 0 Å². The minimum absolute atomic E-state index is 0.0531. The van der Waals surface area contributed by atoms with Crippen molar-refractivity contribution >= 4 is 28.8 Å². The number of fused-ring (bicyclic) bond motifs is 1. The third-order valence-electron chi connectivity index (χ3n) is 6.11. The van der Waals surface area contributed by atoms with Gasteiger partial charge in [-0.25, -0.2) is 4.79 Å². The van der Waals surface area contributed by atoms with E-state index in [1.54, 1.807) is 29.2 Å². The lowest BCUT2D eigenvalue weighted by Gasteiger charge is -2.35. The van der Waals surface area contributed by atoms with Crippen LogP contribution >= 0.6 is 0 Å². The zero-order valence-corrected chi connectivity index (χ0v) is 19.7. The van der Waals surface area contributed by atoms with E-state index in [0.717, 1.165) is 5.56 Å². The molecule has 2 aromatic carbocycles. The summed E-state index contributed by atoms with van der Waals surface area (Å²) in [6, 6.07) is 16.8. The summed E-state index contributed by atoms with van der Waals surface area (Å²) in [5.41, 5.74) is 1.27. The largest absolute Gasteiger partial charge is 0.465 e. The van der Waals surface area contributed by atoms with Gasteiger partial charge in [-0.15, -0.1) is 0 Å². The van der Waals surface area contributed by atoms with E-state index in [4.69, 9.17) is 4.74 Å². The van der Waals surface area contributed by atoms with Crippen molar-refractivity contribution in [2.24, 2.45) is 0 Å². The second-order valence-electron chi connectivity index (χ2n) is 8.54. The molecule has 36 heavy (non-hydrogen) atoms. The number of nitrogens with one attached hydrogen (secondary N) is 2. The number of hydrogen-bond donors (Lipinski definition) is 3. The summed E-state index contributed by atoms with van der Waals surface area (Å²) < 4.78 is 5.73. The molecule has 2 heterocycles. The first-order valence-corrected chi connectivity index (χ1v) is 11.7. The number of carboxylic acid groups (broad SMARTS) is 1. The second-order valence-corrected chi connectivity index (χ2v) is 8.54. The van der Waals surface area contributed by atoms with Gasteiger partial charge in [0.15, 0.2) is 5.43 Å². The SMILES string of the molecule is O=C(N[C@@H](CCOCc1ccccc1)C(=O)N1CCN(C(=O)O)CC1)c1cc(=O)c2ccccc2[nH]1. The Bertz CT molecular complexity index is 1280. The number of piperazine rings is 1. The normalized spacial score (nSPS) is 14.4. The van der Waals surface area contributed by atoms with Gasteiger partial charge in [0.1, 0.15) is 11.7 Å². The van der Waals surface area contributed by atoms with Crippen LogP contribution in [-0.4, -0.2) is 76.6 Å². The molecule has 0 saturated carbocycles. The molecule has 0 radical (unpaired) electrons. The van der Waals surface area contributed by atoms with Crippen LogP contribution in [0.1, 0.15) is 22.5 Å². The minimum atomic E-state index is -1.03. The highest BCUT2D eigenvalue weighted by molar-refractivity contribution is 5.97. The molecule has 188 valence electrons. The van der Waals surface area contributed by atoms with Gasteiger partial charge in [-0.2, -0.15) is 0 Å². The predicted octanol–water partition coefficient (Wildman–Crippen LogP) is 2.06. The number of H-pyrrole nitrogens is 1.